The number of likely N-dealkylation sites (tertiary alicyclic amines) is 1. The molecule has 3 aliphatic heterocycles. The molecule has 2 N–H and O–H groups in total. The van der Waals surface area contributed by atoms with Gasteiger partial charge in [-0.05, 0) is 0 Å². The predicted molar refractivity (Wildman–Crippen MR) is 66.1 cm³/mol. The number of imide groups is 1. The number of ether oxygens (including phenoxy) is 1. The zero-order valence-electron chi connectivity index (χ0n) is 11.4. The lowest BCUT2D eigenvalue weighted by atomic mass is 10.4. The maximum Gasteiger partial charge on any atom is 0.326 e. The molecular weight excluding hydrogens is 282 g/mol. The predicted octanol–water partition coefficient (Wildman–Crippen LogP) is -1.60. The number of rotatable bonds is 4. The molecule has 114 valence electrons. The first-order valence-corrected chi connectivity index (χ1v) is 6.49. The number of hydrogen-bond acceptors (Lipinski definition) is 5. The molecule has 0 aromatic rings. The first-order chi connectivity index (χ1) is 10.0. The Morgan fingerprint density at radius 1 is 1.05 bits per heavy atom. The Kier molecular flexibility index (Phi) is 3.16. The largest absolute Gasteiger partial charge is 0.364 e. The van der Waals surface area contributed by atoms with E-state index in [1.54, 1.807) is 0 Å². The fourth-order valence-corrected chi connectivity index (χ4v) is 2.72. The molecule has 0 spiro atoms. The SMILES string of the molecule is COCN1C(=O)N(CN2C(=O)CCC2=O)C2NC(=O)NC21. The van der Waals surface area contributed by atoms with Gasteiger partial charge in [0.25, 0.3) is 0 Å². The van der Waals surface area contributed by atoms with Gasteiger partial charge in [0.1, 0.15) is 25.7 Å². The molecule has 10 heteroatoms. The number of carbonyl (C=O) groups is 4. The second-order valence-electron chi connectivity index (χ2n) is 5.00. The van der Waals surface area contributed by atoms with Gasteiger partial charge in [0.2, 0.25) is 11.8 Å². The minimum absolute atomic E-state index is 0.000350. The maximum absolute atomic E-state index is 12.3. The van der Waals surface area contributed by atoms with Crippen LogP contribution >= 0.6 is 0 Å². The number of carbonyl (C=O) groups excluding carboxylic acids is 4. The van der Waals surface area contributed by atoms with Crippen molar-refractivity contribution in [2.75, 3.05) is 20.5 Å². The van der Waals surface area contributed by atoms with Crippen molar-refractivity contribution in [2.24, 2.45) is 0 Å². The average Bonchev–Trinajstić information content (AvgIpc) is 3.03. The average molecular weight is 297 g/mol. The lowest BCUT2D eigenvalue weighted by Crippen LogP contribution is -2.50. The summed E-state index contributed by atoms with van der Waals surface area (Å²) in [6, 6.07) is -0.825. The van der Waals surface area contributed by atoms with Gasteiger partial charge in [-0.3, -0.25) is 24.3 Å². The summed E-state index contributed by atoms with van der Waals surface area (Å²) >= 11 is 0. The van der Waals surface area contributed by atoms with Crippen LogP contribution in [-0.4, -0.2) is 71.4 Å². The Bertz CT molecular complexity index is 507. The van der Waals surface area contributed by atoms with Crippen molar-refractivity contribution in [1.82, 2.24) is 25.3 Å². The minimum atomic E-state index is -0.638. The van der Waals surface area contributed by atoms with Gasteiger partial charge in [-0.15, -0.1) is 0 Å². The first-order valence-electron chi connectivity index (χ1n) is 6.49. The van der Waals surface area contributed by atoms with Crippen molar-refractivity contribution < 1.29 is 23.9 Å². The third-order valence-electron chi connectivity index (χ3n) is 3.74. The summed E-state index contributed by atoms with van der Waals surface area (Å²) in [6.45, 7) is -0.166. The molecule has 0 aliphatic carbocycles. The fourth-order valence-electron chi connectivity index (χ4n) is 2.72. The third-order valence-corrected chi connectivity index (χ3v) is 3.74. The Balaban J connectivity index is 1.80. The van der Waals surface area contributed by atoms with E-state index in [-0.39, 0.29) is 38.1 Å². The van der Waals surface area contributed by atoms with Gasteiger partial charge in [0.05, 0.1) is 0 Å². The van der Waals surface area contributed by atoms with Crippen LogP contribution in [0, 0.1) is 0 Å². The highest BCUT2D eigenvalue weighted by Gasteiger charge is 2.52. The van der Waals surface area contributed by atoms with Crippen molar-refractivity contribution in [3.63, 3.8) is 0 Å². The number of hydrogen-bond donors (Lipinski definition) is 2. The van der Waals surface area contributed by atoms with Crippen LogP contribution in [0.5, 0.6) is 0 Å². The van der Waals surface area contributed by atoms with Crippen molar-refractivity contribution in [3.8, 4) is 0 Å². The molecule has 6 amide bonds. The fraction of sp³-hybridized carbons (Fsp3) is 0.636. The maximum atomic E-state index is 12.3. The number of urea groups is 2. The molecule has 3 rings (SSSR count). The van der Waals surface area contributed by atoms with Gasteiger partial charge in [-0.2, -0.15) is 0 Å². The van der Waals surface area contributed by atoms with Gasteiger partial charge in [-0.1, -0.05) is 0 Å². The molecule has 2 atom stereocenters. The number of fused-ring (bicyclic) bond motifs is 1. The van der Waals surface area contributed by atoms with Crippen molar-refractivity contribution >= 4 is 23.9 Å². The molecule has 0 radical (unpaired) electrons. The minimum Gasteiger partial charge on any atom is -0.364 e. The normalized spacial score (nSPS) is 28.3. The lowest BCUT2D eigenvalue weighted by molar-refractivity contribution is -0.140. The summed E-state index contributed by atoms with van der Waals surface area (Å²) in [4.78, 5) is 50.8. The van der Waals surface area contributed by atoms with E-state index in [9.17, 15) is 19.2 Å². The van der Waals surface area contributed by atoms with E-state index < -0.39 is 24.4 Å². The van der Waals surface area contributed by atoms with E-state index in [1.165, 1.54) is 16.9 Å². The third kappa shape index (κ3) is 2.07. The van der Waals surface area contributed by atoms with Crippen LogP contribution in [0.4, 0.5) is 9.59 Å². The van der Waals surface area contributed by atoms with Crippen LogP contribution in [0.25, 0.3) is 0 Å². The molecular formula is C11H15N5O5. The molecule has 0 aromatic carbocycles. The monoisotopic (exact) mass is 297 g/mol. The molecule has 3 fully saturated rings. The summed E-state index contributed by atoms with van der Waals surface area (Å²) in [5, 5.41) is 5.20. The van der Waals surface area contributed by atoms with E-state index in [4.69, 9.17) is 4.74 Å². The van der Waals surface area contributed by atoms with Crippen LogP contribution in [0.15, 0.2) is 0 Å². The molecule has 3 saturated heterocycles. The highest BCUT2D eigenvalue weighted by molar-refractivity contribution is 6.02. The zero-order chi connectivity index (χ0) is 15.1. The van der Waals surface area contributed by atoms with E-state index in [2.05, 4.69) is 10.6 Å². The van der Waals surface area contributed by atoms with Crippen molar-refractivity contribution in [1.29, 1.82) is 0 Å². The van der Waals surface area contributed by atoms with E-state index in [0.717, 1.165) is 4.90 Å². The summed E-state index contributed by atoms with van der Waals surface area (Å²) in [5.74, 6) is -0.626. The Morgan fingerprint density at radius 2 is 1.62 bits per heavy atom. The second kappa shape index (κ2) is 4.88. The van der Waals surface area contributed by atoms with Gasteiger partial charge in [0, 0.05) is 20.0 Å². The topological polar surface area (TPSA) is 111 Å². The molecule has 2 unspecified atom stereocenters. The lowest BCUT2D eigenvalue weighted by Gasteiger charge is -2.25. The Morgan fingerprint density at radius 3 is 2.19 bits per heavy atom. The molecule has 0 bridgehead atoms. The Hall–Kier alpha value is -2.36. The standard InChI is InChI=1S/C11H15N5O5/c1-21-5-16-9-8(12-10(19)13-9)15(11(16)20)4-14-6(17)2-3-7(14)18/h8-9H,2-5H2,1H3,(H2,12,13,19). The smallest absolute Gasteiger partial charge is 0.326 e. The quantitative estimate of drug-likeness (QED) is 0.607. The van der Waals surface area contributed by atoms with Crippen LogP contribution in [-0.2, 0) is 14.3 Å². The van der Waals surface area contributed by atoms with Crippen molar-refractivity contribution in [3.05, 3.63) is 0 Å². The van der Waals surface area contributed by atoms with Crippen LogP contribution in [0.3, 0.4) is 0 Å². The number of methoxy groups -OCH3 is 1. The van der Waals surface area contributed by atoms with Crippen LogP contribution in [0.2, 0.25) is 0 Å². The molecule has 21 heavy (non-hydrogen) atoms. The molecule has 0 aromatic heterocycles. The van der Waals surface area contributed by atoms with Crippen LogP contribution < -0.4 is 10.6 Å². The number of nitrogens with zero attached hydrogens (tertiary/aromatic N) is 3. The summed E-state index contributed by atoms with van der Waals surface area (Å²) in [5.41, 5.74) is 0. The highest BCUT2D eigenvalue weighted by atomic mass is 16.5. The van der Waals surface area contributed by atoms with Crippen molar-refractivity contribution in [2.45, 2.75) is 25.2 Å². The van der Waals surface area contributed by atoms with Gasteiger partial charge < -0.3 is 15.4 Å². The first kappa shape index (κ1) is 13.6. The van der Waals surface area contributed by atoms with Crippen LogP contribution in [0.1, 0.15) is 12.8 Å². The molecule has 3 heterocycles. The molecule has 0 saturated carbocycles. The number of nitrogens with one attached hydrogen (secondary N) is 2. The molecule has 10 nitrogen and oxygen atoms in total. The summed E-state index contributed by atoms with van der Waals surface area (Å²) < 4.78 is 4.95. The summed E-state index contributed by atoms with van der Waals surface area (Å²) in [7, 11) is 1.43. The summed E-state index contributed by atoms with van der Waals surface area (Å²) in [6.07, 6.45) is -0.915. The van der Waals surface area contributed by atoms with E-state index >= 15 is 0 Å². The molecule has 3 aliphatic rings. The van der Waals surface area contributed by atoms with Gasteiger partial charge in [0.15, 0.2) is 0 Å². The highest BCUT2D eigenvalue weighted by Crippen LogP contribution is 2.24. The number of amides is 6. The Labute approximate surface area is 120 Å². The second-order valence-corrected chi connectivity index (χ2v) is 5.00. The van der Waals surface area contributed by atoms with Gasteiger partial charge in [-0.25, -0.2) is 9.59 Å². The van der Waals surface area contributed by atoms with E-state index in [0.29, 0.717) is 0 Å². The van der Waals surface area contributed by atoms with Gasteiger partial charge >= 0.3 is 12.1 Å². The van der Waals surface area contributed by atoms with E-state index in [1.807, 2.05) is 0 Å². The zero-order valence-corrected chi connectivity index (χ0v) is 11.4.